The van der Waals surface area contributed by atoms with Gasteiger partial charge in [0.05, 0.1) is 6.07 Å². The number of benzene rings is 1. The van der Waals surface area contributed by atoms with Gasteiger partial charge in [-0.25, -0.2) is 0 Å². The predicted molar refractivity (Wildman–Crippen MR) is 70.9 cm³/mol. The first-order chi connectivity index (χ1) is 9.06. The molecule has 1 heterocycles. The van der Waals surface area contributed by atoms with Crippen LogP contribution in [0.2, 0.25) is 0 Å². The molecule has 0 spiro atoms. The Hall–Kier alpha value is -2.40. The summed E-state index contributed by atoms with van der Waals surface area (Å²) in [6.45, 7) is 0. The van der Waals surface area contributed by atoms with Crippen molar-refractivity contribution in [3.63, 3.8) is 0 Å². The summed E-state index contributed by atoms with van der Waals surface area (Å²) in [5.41, 5.74) is 1.12. The van der Waals surface area contributed by atoms with Gasteiger partial charge in [0.25, 0.3) is 5.24 Å². The van der Waals surface area contributed by atoms with Gasteiger partial charge in [0.1, 0.15) is 10.7 Å². The lowest BCUT2D eigenvalue weighted by Gasteiger charge is -1.95. The lowest BCUT2D eigenvalue weighted by molar-refractivity contribution is -0.402. The monoisotopic (exact) mass is 277 g/mol. The van der Waals surface area contributed by atoms with Crippen LogP contribution in [0, 0.1) is 10.1 Å². The molecule has 0 bridgehead atoms. The molecule has 0 radical (unpaired) electrons. The molecule has 0 amide bonds. The van der Waals surface area contributed by atoms with Crippen molar-refractivity contribution in [1.82, 2.24) is 0 Å². The van der Waals surface area contributed by atoms with E-state index < -0.39 is 10.2 Å². The van der Waals surface area contributed by atoms with Crippen molar-refractivity contribution in [3.8, 4) is 0 Å². The third kappa shape index (κ3) is 3.29. The van der Waals surface area contributed by atoms with Crippen LogP contribution in [-0.2, 0) is 0 Å². The molecule has 0 aliphatic heterocycles. The van der Waals surface area contributed by atoms with Crippen LogP contribution in [0.15, 0.2) is 40.8 Å². The molecule has 0 aliphatic carbocycles. The highest BCUT2D eigenvalue weighted by Crippen LogP contribution is 2.18. The van der Waals surface area contributed by atoms with E-state index in [0.29, 0.717) is 11.3 Å². The van der Waals surface area contributed by atoms with Gasteiger partial charge in [0, 0.05) is 5.56 Å². The summed E-state index contributed by atoms with van der Waals surface area (Å²) in [5, 5.41) is 9.91. The summed E-state index contributed by atoms with van der Waals surface area (Å²) in [5.74, 6) is 0.0404. The van der Waals surface area contributed by atoms with E-state index in [9.17, 15) is 14.9 Å². The lowest BCUT2D eigenvalue weighted by Crippen LogP contribution is -1.87. The highest BCUT2D eigenvalue weighted by molar-refractivity contribution is 6.67. The SMILES string of the molecule is O=C(Cl)c1cccc(/C=C/c2ccc([N+](=O)[O-])o2)c1. The summed E-state index contributed by atoms with van der Waals surface area (Å²) in [6, 6.07) is 9.45. The molecule has 1 aromatic carbocycles. The number of rotatable bonds is 4. The molecule has 19 heavy (non-hydrogen) atoms. The second-order valence-corrected chi connectivity index (χ2v) is 4.01. The summed E-state index contributed by atoms with van der Waals surface area (Å²) < 4.78 is 4.97. The van der Waals surface area contributed by atoms with Crippen molar-refractivity contribution in [2.75, 3.05) is 0 Å². The Kier molecular flexibility index (Phi) is 3.77. The van der Waals surface area contributed by atoms with Crippen LogP contribution >= 0.6 is 11.6 Å². The zero-order chi connectivity index (χ0) is 13.8. The van der Waals surface area contributed by atoms with Crippen LogP contribution in [0.4, 0.5) is 5.88 Å². The number of halogens is 1. The van der Waals surface area contributed by atoms with Gasteiger partial charge in [0.15, 0.2) is 0 Å². The van der Waals surface area contributed by atoms with Crippen LogP contribution in [0.5, 0.6) is 0 Å². The number of nitrogens with zero attached hydrogens (tertiary/aromatic N) is 1. The van der Waals surface area contributed by atoms with E-state index in [1.807, 2.05) is 0 Å². The van der Waals surface area contributed by atoms with Crippen LogP contribution in [0.25, 0.3) is 12.2 Å². The number of carbonyl (C=O) groups is 1. The molecule has 1 aromatic heterocycles. The Morgan fingerprint density at radius 1 is 1.26 bits per heavy atom. The van der Waals surface area contributed by atoms with Crippen molar-refractivity contribution < 1.29 is 14.1 Å². The van der Waals surface area contributed by atoms with Crippen LogP contribution in [0.1, 0.15) is 21.7 Å². The smallest absolute Gasteiger partial charge is 0.401 e. The molecule has 0 N–H and O–H groups in total. The van der Waals surface area contributed by atoms with Crippen LogP contribution in [0.3, 0.4) is 0 Å². The average Bonchev–Trinajstić information content (AvgIpc) is 2.85. The number of hydrogen-bond donors (Lipinski definition) is 0. The van der Waals surface area contributed by atoms with Gasteiger partial charge in [-0.05, 0) is 35.4 Å². The standard InChI is InChI=1S/C13H8ClNO4/c14-13(16)10-3-1-2-9(8-10)4-5-11-6-7-12(19-11)15(17)18/h1-8H/b5-4+. The molecule has 0 saturated carbocycles. The molecule has 0 fully saturated rings. The Balaban J connectivity index is 2.19. The molecular weight excluding hydrogens is 270 g/mol. The van der Waals surface area contributed by atoms with Crippen molar-refractivity contribution in [2.24, 2.45) is 0 Å². The second kappa shape index (κ2) is 5.49. The van der Waals surface area contributed by atoms with Gasteiger partial charge < -0.3 is 4.42 Å². The van der Waals surface area contributed by atoms with Gasteiger partial charge >= 0.3 is 5.88 Å². The highest BCUT2D eigenvalue weighted by atomic mass is 35.5. The summed E-state index contributed by atoms with van der Waals surface area (Å²) in [4.78, 5) is 20.8. The minimum Gasteiger partial charge on any atom is -0.401 e. The van der Waals surface area contributed by atoms with Gasteiger partial charge in [-0.1, -0.05) is 24.3 Å². The topological polar surface area (TPSA) is 73.3 Å². The first-order valence-electron chi connectivity index (χ1n) is 5.28. The molecule has 0 unspecified atom stereocenters. The third-order valence-corrected chi connectivity index (χ3v) is 2.56. The van der Waals surface area contributed by atoms with E-state index in [2.05, 4.69) is 0 Å². The maximum absolute atomic E-state index is 11.0. The van der Waals surface area contributed by atoms with Crippen molar-refractivity contribution >= 4 is 34.9 Å². The molecule has 2 aromatic rings. The molecular formula is C13H8ClNO4. The number of hydrogen-bond acceptors (Lipinski definition) is 4. The molecule has 0 aliphatic rings. The number of carbonyl (C=O) groups excluding carboxylic acids is 1. The third-order valence-electron chi connectivity index (χ3n) is 2.35. The normalized spacial score (nSPS) is 10.8. The second-order valence-electron chi connectivity index (χ2n) is 3.67. The molecule has 2 rings (SSSR count). The zero-order valence-corrected chi connectivity index (χ0v) is 10.3. The van der Waals surface area contributed by atoms with Crippen LogP contribution < -0.4 is 0 Å². The first-order valence-corrected chi connectivity index (χ1v) is 5.66. The van der Waals surface area contributed by atoms with E-state index in [-0.39, 0.29) is 5.88 Å². The van der Waals surface area contributed by atoms with Crippen LogP contribution in [-0.4, -0.2) is 10.2 Å². The molecule has 0 atom stereocenters. The largest absolute Gasteiger partial charge is 0.433 e. The Labute approximate surface area is 113 Å². The summed E-state index contributed by atoms with van der Waals surface area (Å²) in [6.07, 6.45) is 3.25. The molecule has 96 valence electrons. The number of furan rings is 1. The molecule has 0 saturated heterocycles. The van der Waals surface area contributed by atoms with Gasteiger partial charge in [-0.3, -0.25) is 14.9 Å². The fourth-order valence-electron chi connectivity index (χ4n) is 1.47. The van der Waals surface area contributed by atoms with E-state index in [1.54, 1.807) is 36.4 Å². The highest BCUT2D eigenvalue weighted by Gasteiger charge is 2.09. The van der Waals surface area contributed by atoms with Gasteiger partial charge in [-0.2, -0.15) is 0 Å². The van der Waals surface area contributed by atoms with E-state index in [4.69, 9.17) is 16.0 Å². The Morgan fingerprint density at radius 3 is 2.68 bits per heavy atom. The molecule has 5 nitrogen and oxygen atoms in total. The summed E-state index contributed by atoms with van der Waals surface area (Å²) in [7, 11) is 0. The minimum atomic E-state index is -0.607. The zero-order valence-electron chi connectivity index (χ0n) is 9.58. The maximum Gasteiger partial charge on any atom is 0.433 e. The minimum absolute atomic E-state index is 0.315. The number of nitro groups is 1. The Bertz CT molecular complexity index is 660. The average molecular weight is 278 g/mol. The quantitative estimate of drug-likeness (QED) is 0.485. The van der Waals surface area contributed by atoms with E-state index in [1.165, 1.54) is 12.1 Å². The fraction of sp³-hybridized carbons (Fsp3) is 0. The maximum atomic E-state index is 11.0. The predicted octanol–water partition coefficient (Wildman–Crippen LogP) is 3.74. The molecule has 6 heteroatoms. The first kappa shape index (κ1) is 13.0. The van der Waals surface area contributed by atoms with E-state index >= 15 is 0 Å². The summed E-state index contributed by atoms with van der Waals surface area (Å²) >= 11 is 5.37. The Morgan fingerprint density at radius 2 is 2.05 bits per heavy atom. The lowest BCUT2D eigenvalue weighted by atomic mass is 10.1. The van der Waals surface area contributed by atoms with Crippen molar-refractivity contribution in [1.29, 1.82) is 0 Å². The van der Waals surface area contributed by atoms with E-state index in [0.717, 1.165) is 5.56 Å². The van der Waals surface area contributed by atoms with Crippen molar-refractivity contribution in [2.45, 2.75) is 0 Å². The van der Waals surface area contributed by atoms with Gasteiger partial charge in [-0.15, -0.1) is 0 Å². The fourth-order valence-corrected chi connectivity index (χ4v) is 1.59. The van der Waals surface area contributed by atoms with Gasteiger partial charge in [0.2, 0.25) is 0 Å². The van der Waals surface area contributed by atoms with Crippen molar-refractivity contribution in [3.05, 3.63) is 63.4 Å².